The maximum absolute atomic E-state index is 6.08. The van der Waals surface area contributed by atoms with Crippen molar-refractivity contribution in [3.05, 3.63) is 72.1 Å². The van der Waals surface area contributed by atoms with Gasteiger partial charge in [0.1, 0.15) is 0 Å². The van der Waals surface area contributed by atoms with Crippen molar-refractivity contribution in [1.82, 2.24) is 4.57 Å². The first-order valence-electron chi connectivity index (χ1n) is 7.16. The summed E-state index contributed by atoms with van der Waals surface area (Å²) in [6, 6.07) is 17.3. The fourth-order valence-electron chi connectivity index (χ4n) is 2.64. The summed E-state index contributed by atoms with van der Waals surface area (Å²) in [5.74, 6) is 0. The van der Waals surface area contributed by atoms with Gasteiger partial charge in [0, 0.05) is 25.0 Å². The highest BCUT2D eigenvalue weighted by Crippen LogP contribution is 2.20. The Labute approximate surface area is 119 Å². The van der Waals surface area contributed by atoms with Crippen molar-refractivity contribution in [2.45, 2.75) is 25.9 Å². The van der Waals surface area contributed by atoms with E-state index >= 15 is 0 Å². The van der Waals surface area contributed by atoms with Crippen molar-refractivity contribution >= 4 is 10.8 Å². The summed E-state index contributed by atoms with van der Waals surface area (Å²) in [7, 11) is 0. The number of nitrogens with zero attached hydrogens (tertiary/aromatic N) is 1. The molecule has 0 bridgehead atoms. The van der Waals surface area contributed by atoms with Crippen LogP contribution in [-0.2, 0) is 6.54 Å². The molecule has 1 aromatic heterocycles. The van der Waals surface area contributed by atoms with Crippen LogP contribution in [0.1, 0.15) is 30.5 Å². The molecule has 0 aliphatic carbocycles. The van der Waals surface area contributed by atoms with Crippen LogP contribution in [0.15, 0.2) is 60.9 Å². The van der Waals surface area contributed by atoms with E-state index in [1.165, 1.54) is 21.9 Å². The number of benzene rings is 2. The molecule has 2 N–H and O–H groups in total. The maximum Gasteiger partial charge on any atom is 0.0476 e. The molecule has 0 aliphatic heterocycles. The van der Waals surface area contributed by atoms with Crippen LogP contribution in [0.3, 0.4) is 0 Å². The normalized spacial score (nSPS) is 12.7. The molecule has 1 unspecified atom stereocenters. The van der Waals surface area contributed by atoms with Gasteiger partial charge in [0.05, 0.1) is 0 Å². The summed E-state index contributed by atoms with van der Waals surface area (Å²) < 4.78 is 2.21. The Morgan fingerprint density at radius 2 is 1.85 bits per heavy atom. The fourth-order valence-corrected chi connectivity index (χ4v) is 2.64. The smallest absolute Gasteiger partial charge is 0.0476 e. The molecule has 3 aromatic rings. The summed E-state index contributed by atoms with van der Waals surface area (Å²) in [5.41, 5.74) is 8.64. The molecule has 102 valence electrons. The second kappa shape index (κ2) is 5.51. The molecule has 0 amide bonds. The Hall–Kier alpha value is -2.06. The Balaban J connectivity index is 1.91. The number of fused-ring (bicyclic) bond motifs is 1. The highest BCUT2D eigenvalue weighted by molar-refractivity contribution is 5.85. The lowest BCUT2D eigenvalue weighted by atomic mass is 10.0. The molecule has 0 fully saturated rings. The van der Waals surface area contributed by atoms with E-state index in [1.807, 2.05) is 0 Å². The number of hydrogen-bond donors (Lipinski definition) is 1. The van der Waals surface area contributed by atoms with Crippen LogP contribution in [0.2, 0.25) is 0 Å². The summed E-state index contributed by atoms with van der Waals surface area (Å²) in [5, 5.41) is 2.62. The van der Waals surface area contributed by atoms with E-state index in [-0.39, 0.29) is 6.04 Å². The molecular weight excluding hydrogens is 244 g/mol. The minimum Gasteiger partial charge on any atom is -0.350 e. The average molecular weight is 264 g/mol. The summed E-state index contributed by atoms with van der Waals surface area (Å²) in [6.45, 7) is 3.00. The topological polar surface area (TPSA) is 30.9 Å². The molecule has 20 heavy (non-hydrogen) atoms. The summed E-state index contributed by atoms with van der Waals surface area (Å²) in [4.78, 5) is 0. The monoisotopic (exact) mass is 264 g/mol. The summed E-state index contributed by atoms with van der Waals surface area (Å²) in [6.07, 6.45) is 5.25. The predicted octanol–water partition coefficient (Wildman–Crippen LogP) is 4.10. The van der Waals surface area contributed by atoms with Gasteiger partial charge in [-0.1, -0.05) is 49.4 Å². The van der Waals surface area contributed by atoms with Crippen LogP contribution in [0.5, 0.6) is 0 Å². The molecule has 2 heteroatoms. The number of rotatable bonds is 4. The molecular formula is C18H20N2. The lowest BCUT2D eigenvalue weighted by Crippen LogP contribution is -2.07. The molecule has 1 atom stereocenters. The van der Waals surface area contributed by atoms with E-state index in [9.17, 15) is 0 Å². The Morgan fingerprint density at radius 3 is 2.70 bits per heavy atom. The van der Waals surface area contributed by atoms with Crippen LogP contribution in [0.25, 0.3) is 10.8 Å². The Morgan fingerprint density at radius 1 is 1.05 bits per heavy atom. The van der Waals surface area contributed by atoms with E-state index in [2.05, 4.69) is 72.4 Å². The summed E-state index contributed by atoms with van der Waals surface area (Å²) >= 11 is 0. The first-order chi connectivity index (χ1) is 9.78. The van der Waals surface area contributed by atoms with E-state index in [4.69, 9.17) is 5.73 Å². The molecule has 0 saturated heterocycles. The standard InChI is InChI=1S/C18H20N2/c1-2-18(19)16-10-11-20(13-16)12-15-8-5-7-14-6-3-4-9-17(14)15/h3-11,13,18H,2,12,19H2,1H3. The number of aromatic nitrogens is 1. The minimum atomic E-state index is 0.142. The van der Waals surface area contributed by atoms with Gasteiger partial charge in [0.15, 0.2) is 0 Å². The van der Waals surface area contributed by atoms with Crippen LogP contribution in [0, 0.1) is 0 Å². The zero-order valence-corrected chi connectivity index (χ0v) is 11.8. The zero-order chi connectivity index (χ0) is 13.9. The largest absolute Gasteiger partial charge is 0.350 e. The fraction of sp³-hybridized carbons (Fsp3) is 0.222. The van der Waals surface area contributed by atoms with E-state index in [0.717, 1.165) is 13.0 Å². The highest BCUT2D eigenvalue weighted by atomic mass is 14.9. The maximum atomic E-state index is 6.08. The predicted molar refractivity (Wildman–Crippen MR) is 84.7 cm³/mol. The zero-order valence-electron chi connectivity index (χ0n) is 11.8. The Bertz CT molecular complexity index is 707. The quantitative estimate of drug-likeness (QED) is 0.755. The van der Waals surface area contributed by atoms with Gasteiger partial charge in [0.2, 0.25) is 0 Å². The number of hydrogen-bond acceptors (Lipinski definition) is 1. The average Bonchev–Trinajstić information content (AvgIpc) is 2.95. The third kappa shape index (κ3) is 2.47. The van der Waals surface area contributed by atoms with Crippen LogP contribution < -0.4 is 5.73 Å². The molecule has 1 heterocycles. The highest BCUT2D eigenvalue weighted by Gasteiger charge is 2.06. The third-order valence-corrected chi connectivity index (χ3v) is 3.87. The first kappa shape index (κ1) is 12.9. The van der Waals surface area contributed by atoms with Crippen molar-refractivity contribution in [3.8, 4) is 0 Å². The van der Waals surface area contributed by atoms with E-state index < -0.39 is 0 Å². The van der Waals surface area contributed by atoms with Gasteiger partial charge in [-0.15, -0.1) is 0 Å². The van der Waals surface area contributed by atoms with Crippen molar-refractivity contribution in [1.29, 1.82) is 0 Å². The SMILES string of the molecule is CCC(N)c1ccn(Cc2cccc3ccccc23)c1. The molecule has 0 aliphatic rings. The molecule has 0 radical (unpaired) electrons. The molecule has 0 saturated carbocycles. The van der Waals surface area contributed by atoms with Gasteiger partial charge in [-0.3, -0.25) is 0 Å². The lowest BCUT2D eigenvalue weighted by molar-refractivity contribution is 0.693. The molecule has 0 spiro atoms. The third-order valence-electron chi connectivity index (χ3n) is 3.87. The number of nitrogens with two attached hydrogens (primary N) is 1. The van der Waals surface area contributed by atoms with Gasteiger partial charge in [-0.25, -0.2) is 0 Å². The van der Waals surface area contributed by atoms with Crippen LogP contribution >= 0.6 is 0 Å². The Kier molecular flexibility index (Phi) is 3.57. The molecule has 2 aromatic carbocycles. The van der Waals surface area contributed by atoms with Crippen LogP contribution in [0.4, 0.5) is 0 Å². The van der Waals surface area contributed by atoms with Gasteiger partial charge in [0.25, 0.3) is 0 Å². The van der Waals surface area contributed by atoms with Crippen LogP contribution in [-0.4, -0.2) is 4.57 Å². The van der Waals surface area contributed by atoms with Gasteiger partial charge in [-0.2, -0.15) is 0 Å². The van der Waals surface area contributed by atoms with Crippen molar-refractivity contribution in [2.75, 3.05) is 0 Å². The second-order valence-electron chi connectivity index (χ2n) is 5.27. The van der Waals surface area contributed by atoms with Gasteiger partial charge < -0.3 is 10.3 Å². The molecule has 3 rings (SSSR count). The van der Waals surface area contributed by atoms with Gasteiger partial charge in [-0.05, 0) is 34.4 Å². The second-order valence-corrected chi connectivity index (χ2v) is 5.27. The van der Waals surface area contributed by atoms with Crippen molar-refractivity contribution in [3.63, 3.8) is 0 Å². The minimum absolute atomic E-state index is 0.142. The first-order valence-corrected chi connectivity index (χ1v) is 7.16. The van der Waals surface area contributed by atoms with E-state index in [1.54, 1.807) is 0 Å². The van der Waals surface area contributed by atoms with E-state index in [0.29, 0.717) is 0 Å². The lowest BCUT2D eigenvalue weighted by Gasteiger charge is -2.08. The van der Waals surface area contributed by atoms with Gasteiger partial charge >= 0.3 is 0 Å². The van der Waals surface area contributed by atoms with Crippen molar-refractivity contribution in [2.24, 2.45) is 5.73 Å². The molecule has 2 nitrogen and oxygen atoms in total. The van der Waals surface area contributed by atoms with Crippen molar-refractivity contribution < 1.29 is 0 Å².